The summed E-state index contributed by atoms with van der Waals surface area (Å²) in [5.74, 6) is -0.969. The van der Waals surface area contributed by atoms with Gasteiger partial charge in [-0.3, -0.25) is 14.1 Å². The Balaban J connectivity index is 2.23. The van der Waals surface area contributed by atoms with Crippen LogP contribution in [0.2, 0.25) is 0 Å². The molecule has 0 atom stereocenters. The van der Waals surface area contributed by atoms with Crippen LogP contribution >= 0.6 is 0 Å². The third-order valence-electron chi connectivity index (χ3n) is 4.73. The van der Waals surface area contributed by atoms with Gasteiger partial charge < -0.3 is 16.8 Å². The highest BCUT2D eigenvalue weighted by molar-refractivity contribution is 7.90. The molecule has 9 heteroatoms. The highest BCUT2D eigenvalue weighted by Crippen LogP contribution is 2.27. The molecule has 0 aromatic heterocycles. The van der Waals surface area contributed by atoms with Crippen molar-refractivity contribution >= 4 is 33.1 Å². The summed E-state index contributed by atoms with van der Waals surface area (Å²) in [5.41, 5.74) is 12.6. The van der Waals surface area contributed by atoms with E-state index in [2.05, 4.69) is 11.9 Å². The largest absolute Gasteiger partial charge is 0.401 e. The topological polar surface area (TPSA) is 153 Å². The normalized spacial score (nSPS) is 19.8. The maximum atomic E-state index is 13.2. The van der Waals surface area contributed by atoms with Crippen LogP contribution in [0.3, 0.4) is 0 Å². The van der Waals surface area contributed by atoms with Gasteiger partial charge in [0.25, 0.3) is 10.1 Å². The number of allylic oxidation sites excluding steroid dienone is 3. The van der Waals surface area contributed by atoms with Gasteiger partial charge in [-0.05, 0) is 30.7 Å². The second-order valence-electron chi connectivity index (χ2n) is 6.95. The first-order chi connectivity index (χ1) is 14.6. The molecule has 0 fully saturated rings. The van der Waals surface area contributed by atoms with Crippen LogP contribution in [0, 0.1) is 0 Å². The van der Waals surface area contributed by atoms with Crippen LogP contribution in [-0.2, 0) is 10.1 Å². The summed E-state index contributed by atoms with van der Waals surface area (Å²) in [5, 5.41) is 2.91. The van der Waals surface area contributed by atoms with Crippen LogP contribution in [0.25, 0.3) is 0 Å². The number of hydrogen-bond acceptors (Lipinski definition) is 7. The molecule has 8 nitrogen and oxygen atoms in total. The van der Waals surface area contributed by atoms with Crippen molar-refractivity contribution in [2.24, 2.45) is 5.73 Å². The fraction of sp³-hybridized carbons (Fsp3) is 0.0909. The van der Waals surface area contributed by atoms with E-state index < -0.39 is 20.8 Å². The number of carbonyl (C=O) groups is 2. The van der Waals surface area contributed by atoms with E-state index in [0.29, 0.717) is 11.4 Å². The molecule has 2 aromatic rings. The molecule has 0 aliphatic heterocycles. The van der Waals surface area contributed by atoms with Crippen LogP contribution in [0.4, 0.5) is 11.4 Å². The van der Waals surface area contributed by atoms with Gasteiger partial charge in [0.05, 0.1) is 5.70 Å². The van der Waals surface area contributed by atoms with Gasteiger partial charge in [0.1, 0.15) is 4.91 Å². The number of hydrogen-bond donors (Lipinski definition) is 4. The van der Waals surface area contributed by atoms with E-state index in [1.807, 2.05) is 0 Å². The summed E-state index contributed by atoms with van der Waals surface area (Å²) >= 11 is 0. The van der Waals surface area contributed by atoms with Crippen molar-refractivity contribution in [3.05, 3.63) is 94.2 Å². The number of carbonyl (C=O) groups excluding carboxylic acids is 2. The summed E-state index contributed by atoms with van der Waals surface area (Å²) in [7, 11) is -4.76. The van der Waals surface area contributed by atoms with Crippen LogP contribution in [-0.4, -0.2) is 24.5 Å². The number of anilines is 2. The van der Waals surface area contributed by atoms with Gasteiger partial charge in [-0.2, -0.15) is 8.42 Å². The number of ketones is 2. The van der Waals surface area contributed by atoms with Crippen molar-refractivity contribution in [1.29, 1.82) is 0 Å². The maximum Gasteiger partial charge on any atom is 0.296 e. The smallest absolute Gasteiger partial charge is 0.296 e. The number of benzene rings is 2. The summed E-state index contributed by atoms with van der Waals surface area (Å²) in [6.45, 7) is 3.80. The number of fused-ring (bicyclic) bond motifs is 1. The fourth-order valence-electron chi connectivity index (χ4n) is 3.15. The van der Waals surface area contributed by atoms with Gasteiger partial charge in [-0.1, -0.05) is 36.9 Å². The highest BCUT2D eigenvalue weighted by atomic mass is 32.2. The Morgan fingerprint density at radius 2 is 1.65 bits per heavy atom. The maximum absolute atomic E-state index is 13.2. The zero-order valence-electron chi connectivity index (χ0n) is 16.5. The predicted octanol–water partition coefficient (Wildman–Crippen LogP) is 3.04. The van der Waals surface area contributed by atoms with E-state index in [1.165, 1.54) is 12.1 Å². The van der Waals surface area contributed by atoms with Gasteiger partial charge in [0.15, 0.2) is 11.6 Å². The minimum Gasteiger partial charge on any atom is -0.401 e. The van der Waals surface area contributed by atoms with E-state index in [0.717, 1.165) is 6.08 Å². The van der Waals surface area contributed by atoms with E-state index in [4.69, 9.17) is 11.5 Å². The third-order valence-corrected chi connectivity index (χ3v) is 5.66. The third kappa shape index (κ3) is 4.90. The lowest BCUT2D eigenvalue weighted by Gasteiger charge is -2.15. The predicted molar refractivity (Wildman–Crippen MR) is 119 cm³/mol. The first-order valence-corrected chi connectivity index (χ1v) is 10.7. The molecule has 0 bridgehead atoms. The first kappa shape index (κ1) is 22.0. The minimum atomic E-state index is -4.76. The number of rotatable bonds is 3. The van der Waals surface area contributed by atoms with Crippen LogP contribution in [0.5, 0.6) is 0 Å². The Labute approximate surface area is 179 Å². The van der Waals surface area contributed by atoms with Crippen molar-refractivity contribution in [2.75, 3.05) is 11.1 Å². The monoisotopic (exact) mass is 439 g/mol. The molecule has 0 saturated heterocycles. The van der Waals surface area contributed by atoms with Crippen LogP contribution < -0.4 is 16.8 Å². The van der Waals surface area contributed by atoms with Crippen molar-refractivity contribution in [3.63, 3.8) is 0 Å². The molecule has 6 N–H and O–H groups in total. The molecule has 1 aliphatic rings. The second kappa shape index (κ2) is 8.58. The Morgan fingerprint density at radius 1 is 0.968 bits per heavy atom. The van der Waals surface area contributed by atoms with E-state index in [9.17, 15) is 22.6 Å². The molecule has 0 spiro atoms. The van der Waals surface area contributed by atoms with Crippen LogP contribution in [0.1, 0.15) is 33.6 Å². The molecule has 3 rings (SSSR count). The molecular weight excluding hydrogens is 418 g/mol. The van der Waals surface area contributed by atoms with Crippen molar-refractivity contribution in [2.45, 2.75) is 12.8 Å². The molecule has 31 heavy (non-hydrogen) atoms. The van der Waals surface area contributed by atoms with Gasteiger partial charge >= 0.3 is 0 Å². The fourth-order valence-corrected chi connectivity index (χ4v) is 3.85. The average molecular weight is 439 g/mol. The molecule has 1 aliphatic carbocycles. The minimum absolute atomic E-state index is 0.0182. The lowest BCUT2D eigenvalue weighted by molar-refractivity contribution is 0.0967. The lowest BCUT2D eigenvalue weighted by Crippen LogP contribution is -2.15. The molecule has 0 unspecified atom stereocenters. The van der Waals surface area contributed by atoms with E-state index in [-0.39, 0.29) is 46.7 Å². The Hall–Kier alpha value is -3.69. The Bertz CT molecular complexity index is 1260. The zero-order valence-corrected chi connectivity index (χ0v) is 17.3. The first-order valence-electron chi connectivity index (χ1n) is 9.24. The molecule has 0 saturated carbocycles. The SMILES string of the molecule is C=C1C(=O)c2ccccc2C(=O)CC/C(N)=C(S(=O)(=O)O)\C=C/1Nc1cccc(N)c1. The Kier molecular flexibility index (Phi) is 6.09. The van der Waals surface area contributed by atoms with E-state index >= 15 is 0 Å². The number of Topliss-reactive ketones (excluding diaryl/α,β-unsaturated/α-hetero) is 2. The summed E-state index contributed by atoms with van der Waals surface area (Å²) in [4.78, 5) is 25.3. The number of nitrogens with two attached hydrogens (primary N) is 2. The zero-order chi connectivity index (χ0) is 22.8. The highest BCUT2D eigenvalue weighted by Gasteiger charge is 2.25. The number of nitrogens with one attached hydrogen (secondary N) is 1. The standard InChI is InChI=1S/C22H21N3O5S/c1-13-19(25-15-6-4-5-14(23)11-15)12-21(31(28,29)30)18(24)9-10-20(26)16-7-2-3-8-17(16)22(13)27/h2-8,11-12,25H,1,9-10,23-24H2,(H,28,29,30)/b19-12+,21-18-. The van der Waals surface area contributed by atoms with Gasteiger partial charge in [-0.15, -0.1) is 0 Å². The van der Waals surface area contributed by atoms with Gasteiger partial charge in [-0.25, -0.2) is 0 Å². The molecule has 0 heterocycles. The van der Waals surface area contributed by atoms with Crippen molar-refractivity contribution in [1.82, 2.24) is 0 Å². The summed E-state index contributed by atoms with van der Waals surface area (Å²) in [6, 6.07) is 12.8. The average Bonchev–Trinajstić information content (AvgIpc) is 2.73. The van der Waals surface area contributed by atoms with Crippen molar-refractivity contribution in [3.8, 4) is 0 Å². The molecular formula is C22H21N3O5S. The van der Waals surface area contributed by atoms with Gasteiger partial charge in [0.2, 0.25) is 0 Å². The molecule has 0 radical (unpaired) electrons. The summed E-state index contributed by atoms with van der Waals surface area (Å²) < 4.78 is 33.7. The molecule has 0 amide bonds. The lowest BCUT2D eigenvalue weighted by atomic mass is 9.94. The quantitative estimate of drug-likeness (QED) is 0.323. The Morgan fingerprint density at radius 3 is 2.29 bits per heavy atom. The summed E-state index contributed by atoms with van der Waals surface area (Å²) in [6.07, 6.45) is 0.755. The second-order valence-corrected chi connectivity index (χ2v) is 8.34. The van der Waals surface area contributed by atoms with Gasteiger partial charge in [0, 0.05) is 40.2 Å². The molecule has 160 valence electrons. The van der Waals surface area contributed by atoms with Crippen molar-refractivity contribution < 1.29 is 22.6 Å². The number of nitrogen functional groups attached to an aromatic ring is 1. The van der Waals surface area contributed by atoms with E-state index in [1.54, 1.807) is 36.4 Å². The van der Waals surface area contributed by atoms with Crippen LogP contribution in [0.15, 0.2) is 83.1 Å². The molecule has 2 aromatic carbocycles.